The molecule has 1 aromatic rings. The fraction of sp³-hybridized carbons (Fsp3) is 0.524. The molecule has 6 heteroatoms. The zero-order valence-corrected chi connectivity index (χ0v) is 17.8. The van der Waals surface area contributed by atoms with Crippen LogP contribution in [0.15, 0.2) is 22.4 Å². The number of carbonyl (C=O) groups excluding carboxylic acids is 2. The molecule has 0 saturated heterocycles. The van der Waals surface area contributed by atoms with Gasteiger partial charge in [-0.3, -0.25) is 4.79 Å². The monoisotopic (exact) mass is 434 g/mol. The highest BCUT2D eigenvalue weighted by atomic mass is 79.9. The Morgan fingerprint density at radius 2 is 1.96 bits per heavy atom. The Kier molecular flexibility index (Phi) is 5.94. The molecule has 146 valence electrons. The van der Waals surface area contributed by atoms with Crippen LogP contribution in [0.4, 0.5) is 4.79 Å². The summed E-state index contributed by atoms with van der Waals surface area (Å²) in [6, 6.07) is 4.10. The summed E-state index contributed by atoms with van der Waals surface area (Å²) in [4.78, 5) is 25.4. The molecule has 0 bridgehead atoms. The van der Waals surface area contributed by atoms with Gasteiger partial charge in [-0.15, -0.1) is 0 Å². The van der Waals surface area contributed by atoms with E-state index >= 15 is 0 Å². The lowest BCUT2D eigenvalue weighted by Crippen LogP contribution is -2.47. The maximum Gasteiger partial charge on any atom is 0.412 e. The fourth-order valence-corrected chi connectivity index (χ4v) is 5.02. The lowest BCUT2D eigenvalue weighted by atomic mass is 9.80. The van der Waals surface area contributed by atoms with Crippen molar-refractivity contribution < 1.29 is 14.3 Å². The molecule has 1 fully saturated rings. The molecule has 1 aromatic carbocycles. The fourth-order valence-electron chi connectivity index (χ4n) is 4.21. The molecule has 27 heavy (non-hydrogen) atoms. The number of benzene rings is 1. The number of halogens is 1. The zero-order valence-electron chi connectivity index (χ0n) is 16.2. The van der Waals surface area contributed by atoms with Crippen LogP contribution in [0.1, 0.15) is 62.6 Å². The first-order valence-corrected chi connectivity index (χ1v) is 10.5. The zero-order chi connectivity index (χ0) is 19.6. The van der Waals surface area contributed by atoms with Crippen LogP contribution in [0.2, 0.25) is 0 Å². The van der Waals surface area contributed by atoms with Gasteiger partial charge in [0.25, 0.3) is 5.91 Å². The highest BCUT2D eigenvalue weighted by Crippen LogP contribution is 2.45. The van der Waals surface area contributed by atoms with Gasteiger partial charge in [0.2, 0.25) is 0 Å². The van der Waals surface area contributed by atoms with Gasteiger partial charge in [0.1, 0.15) is 5.76 Å². The third-order valence-electron chi connectivity index (χ3n) is 5.41. The van der Waals surface area contributed by atoms with Crippen molar-refractivity contribution in [1.29, 1.82) is 0 Å². The highest BCUT2D eigenvalue weighted by molar-refractivity contribution is 9.10. The molecule has 1 saturated carbocycles. The lowest BCUT2D eigenvalue weighted by Gasteiger charge is -2.34. The Hall–Kier alpha value is -1.82. The highest BCUT2D eigenvalue weighted by Gasteiger charge is 2.49. The molecular formula is C21H27BrN2O3. The van der Waals surface area contributed by atoms with Gasteiger partial charge in [-0.1, -0.05) is 48.2 Å². The lowest BCUT2D eigenvalue weighted by molar-refractivity contribution is -0.116. The molecule has 0 radical (unpaired) electrons. The van der Waals surface area contributed by atoms with Gasteiger partial charge in [0.15, 0.2) is 0 Å². The van der Waals surface area contributed by atoms with Crippen molar-refractivity contribution in [2.75, 3.05) is 6.54 Å². The van der Waals surface area contributed by atoms with E-state index in [1.165, 1.54) is 0 Å². The predicted molar refractivity (Wildman–Crippen MR) is 109 cm³/mol. The van der Waals surface area contributed by atoms with Crippen molar-refractivity contribution in [3.63, 3.8) is 0 Å². The first-order chi connectivity index (χ1) is 12.9. The minimum atomic E-state index is -0.578. The molecule has 2 amide bonds. The van der Waals surface area contributed by atoms with Crippen LogP contribution in [0.5, 0.6) is 0 Å². The summed E-state index contributed by atoms with van der Waals surface area (Å²) in [5, 5.41) is 5.86. The van der Waals surface area contributed by atoms with Crippen molar-refractivity contribution >= 4 is 33.5 Å². The summed E-state index contributed by atoms with van der Waals surface area (Å²) in [5.74, 6) is 0.327. The molecule has 0 atom stereocenters. The number of ether oxygens (including phenoxy) is 1. The number of amides is 2. The van der Waals surface area contributed by atoms with Crippen molar-refractivity contribution in [2.45, 2.75) is 64.8 Å². The SMILES string of the molecule is CCNC(=O)OC1=C(c2c(Br)cc(C)cc2CC)C(=O)NC12CCCCC2. The van der Waals surface area contributed by atoms with Gasteiger partial charge in [-0.05, 0) is 50.3 Å². The summed E-state index contributed by atoms with van der Waals surface area (Å²) in [6.45, 7) is 6.42. The van der Waals surface area contributed by atoms with Crippen molar-refractivity contribution in [3.8, 4) is 0 Å². The second kappa shape index (κ2) is 8.05. The van der Waals surface area contributed by atoms with Gasteiger partial charge >= 0.3 is 6.09 Å². The maximum absolute atomic E-state index is 13.1. The molecule has 1 aliphatic heterocycles. The Morgan fingerprint density at radius 3 is 2.59 bits per heavy atom. The van der Waals surface area contributed by atoms with Crippen molar-refractivity contribution in [3.05, 3.63) is 39.1 Å². The summed E-state index contributed by atoms with van der Waals surface area (Å²) >= 11 is 3.64. The Labute approximate surface area is 169 Å². The van der Waals surface area contributed by atoms with Crippen LogP contribution in [0, 0.1) is 6.92 Å². The topological polar surface area (TPSA) is 67.4 Å². The van der Waals surface area contributed by atoms with E-state index in [-0.39, 0.29) is 5.91 Å². The van der Waals surface area contributed by atoms with Gasteiger partial charge in [0, 0.05) is 16.6 Å². The number of alkyl carbamates (subject to hydrolysis) is 1. The third-order valence-corrected chi connectivity index (χ3v) is 6.04. The first-order valence-electron chi connectivity index (χ1n) is 9.74. The second-order valence-electron chi connectivity index (χ2n) is 7.36. The molecule has 1 spiro atoms. The van der Waals surface area contributed by atoms with E-state index < -0.39 is 11.6 Å². The van der Waals surface area contributed by atoms with Gasteiger partial charge < -0.3 is 15.4 Å². The van der Waals surface area contributed by atoms with Crippen LogP contribution < -0.4 is 10.6 Å². The summed E-state index contributed by atoms with van der Waals surface area (Å²) < 4.78 is 6.65. The third kappa shape index (κ3) is 3.77. The molecule has 2 N–H and O–H groups in total. The number of rotatable bonds is 4. The Balaban J connectivity index is 2.19. The van der Waals surface area contributed by atoms with E-state index in [1.54, 1.807) is 0 Å². The van der Waals surface area contributed by atoms with Crippen molar-refractivity contribution in [1.82, 2.24) is 10.6 Å². The van der Waals surface area contributed by atoms with Gasteiger partial charge in [0.05, 0.1) is 11.1 Å². The minimum Gasteiger partial charge on any atom is -0.411 e. The molecule has 2 aliphatic rings. The summed E-state index contributed by atoms with van der Waals surface area (Å²) in [6.07, 6.45) is 5.01. The van der Waals surface area contributed by atoms with Crippen molar-refractivity contribution in [2.24, 2.45) is 0 Å². The normalized spacial score (nSPS) is 18.6. The van der Waals surface area contributed by atoms with E-state index in [0.717, 1.165) is 59.7 Å². The molecule has 1 aliphatic carbocycles. The molecule has 1 heterocycles. The molecular weight excluding hydrogens is 408 g/mol. The number of nitrogens with one attached hydrogen (secondary N) is 2. The van der Waals surface area contributed by atoms with Crippen LogP contribution in [-0.2, 0) is 16.0 Å². The van der Waals surface area contributed by atoms with E-state index in [2.05, 4.69) is 39.6 Å². The summed E-state index contributed by atoms with van der Waals surface area (Å²) in [7, 11) is 0. The van der Waals surface area contributed by atoms with E-state index in [0.29, 0.717) is 17.9 Å². The molecule has 3 rings (SSSR count). The van der Waals surface area contributed by atoms with E-state index in [4.69, 9.17) is 4.74 Å². The quantitative estimate of drug-likeness (QED) is 0.726. The van der Waals surface area contributed by atoms with Crippen LogP contribution in [0.3, 0.4) is 0 Å². The largest absolute Gasteiger partial charge is 0.412 e. The summed E-state index contributed by atoms with van der Waals surface area (Å²) in [5.41, 5.74) is 2.94. The van der Waals surface area contributed by atoms with Gasteiger partial charge in [-0.25, -0.2) is 4.79 Å². The number of carbonyl (C=O) groups is 2. The Morgan fingerprint density at radius 1 is 1.26 bits per heavy atom. The van der Waals surface area contributed by atoms with Crippen LogP contribution in [0.25, 0.3) is 5.57 Å². The maximum atomic E-state index is 13.1. The van der Waals surface area contributed by atoms with E-state index in [9.17, 15) is 9.59 Å². The number of hydrogen-bond acceptors (Lipinski definition) is 3. The first kappa shape index (κ1) is 19.9. The predicted octanol–water partition coefficient (Wildman–Crippen LogP) is 4.61. The van der Waals surface area contributed by atoms with Gasteiger partial charge in [-0.2, -0.15) is 0 Å². The second-order valence-corrected chi connectivity index (χ2v) is 8.21. The minimum absolute atomic E-state index is 0.157. The van der Waals surface area contributed by atoms with Crippen LogP contribution in [-0.4, -0.2) is 24.1 Å². The number of aryl methyl sites for hydroxylation is 2. The average molecular weight is 435 g/mol. The number of hydrogen-bond donors (Lipinski definition) is 2. The standard InChI is InChI=1S/C21H27BrN2O3/c1-4-14-11-13(3)12-15(22)16(14)17-18(27-20(26)23-5-2)21(24-19(17)25)9-7-6-8-10-21/h11-12H,4-10H2,1-3H3,(H,23,26)(H,24,25). The molecule has 5 nitrogen and oxygen atoms in total. The van der Waals surface area contributed by atoms with Crippen LogP contribution >= 0.6 is 15.9 Å². The average Bonchev–Trinajstić information content (AvgIpc) is 2.86. The molecule has 0 aromatic heterocycles. The smallest absolute Gasteiger partial charge is 0.411 e. The molecule has 0 unspecified atom stereocenters. The Bertz CT molecular complexity index is 795. The van der Waals surface area contributed by atoms with E-state index in [1.807, 2.05) is 19.9 Å².